The van der Waals surface area contributed by atoms with Gasteiger partial charge in [-0.1, -0.05) is 19.9 Å². The SMILES string of the molecule is CC(C)CNC(=O)c1ccc(N2CCN(c3ccccn3)CC2)cn1. The van der Waals surface area contributed by atoms with Gasteiger partial charge in [-0.15, -0.1) is 0 Å². The standard InChI is InChI=1S/C19H25N5O/c1-15(2)13-22-19(25)17-7-6-16(14-21-17)23-9-11-24(12-10-23)18-5-3-4-8-20-18/h3-8,14-15H,9-13H2,1-2H3,(H,22,25). The number of amides is 1. The lowest BCUT2D eigenvalue weighted by Gasteiger charge is -2.36. The van der Waals surface area contributed by atoms with Crippen molar-refractivity contribution in [2.45, 2.75) is 13.8 Å². The summed E-state index contributed by atoms with van der Waals surface area (Å²) in [5, 5.41) is 2.89. The Kier molecular flexibility index (Phi) is 5.48. The minimum absolute atomic E-state index is 0.111. The number of rotatable bonds is 5. The highest BCUT2D eigenvalue weighted by Crippen LogP contribution is 2.18. The lowest BCUT2D eigenvalue weighted by atomic mass is 10.2. The summed E-state index contributed by atoms with van der Waals surface area (Å²) in [5.41, 5.74) is 1.53. The summed E-state index contributed by atoms with van der Waals surface area (Å²) in [7, 11) is 0. The van der Waals surface area contributed by atoms with Gasteiger partial charge in [0, 0.05) is 38.9 Å². The molecular weight excluding hydrogens is 314 g/mol. The summed E-state index contributed by atoms with van der Waals surface area (Å²) < 4.78 is 0. The van der Waals surface area contributed by atoms with Crippen molar-refractivity contribution < 1.29 is 4.79 Å². The van der Waals surface area contributed by atoms with Crippen LogP contribution in [0, 0.1) is 5.92 Å². The maximum Gasteiger partial charge on any atom is 0.269 e. The lowest BCUT2D eigenvalue weighted by Crippen LogP contribution is -2.46. The quantitative estimate of drug-likeness (QED) is 0.905. The second kappa shape index (κ2) is 7.96. The second-order valence-corrected chi connectivity index (χ2v) is 6.67. The number of pyridine rings is 2. The summed E-state index contributed by atoms with van der Waals surface area (Å²) in [6, 6.07) is 9.78. The number of nitrogens with zero attached hydrogens (tertiary/aromatic N) is 4. The summed E-state index contributed by atoms with van der Waals surface area (Å²) in [4.78, 5) is 25.4. The first kappa shape index (κ1) is 17.2. The van der Waals surface area contributed by atoms with Crippen molar-refractivity contribution >= 4 is 17.4 Å². The zero-order valence-corrected chi connectivity index (χ0v) is 14.9. The van der Waals surface area contributed by atoms with E-state index in [1.807, 2.05) is 30.5 Å². The van der Waals surface area contributed by atoms with E-state index in [9.17, 15) is 4.79 Å². The Bertz CT molecular complexity index is 679. The largest absolute Gasteiger partial charge is 0.367 e. The molecule has 0 saturated carbocycles. The molecule has 2 aromatic heterocycles. The molecule has 0 bridgehead atoms. The molecule has 3 heterocycles. The topological polar surface area (TPSA) is 61.4 Å². The van der Waals surface area contributed by atoms with E-state index >= 15 is 0 Å². The van der Waals surface area contributed by atoms with Gasteiger partial charge >= 0.3 is 0 Å². The maximum atomic E-state index is 12.0. The van der Waals surface area contributed by atoms with E-state index in [0.717, 1.165) is 37.7 Å². The van der Waals surface area contributed by atoms with E-state index < -0.39 is 0 Å². The normalized spacial score (nSPS) is 14.7. The smallest absolute Gasteiger partial charge is 0.269 e. The molecule has 25 heavy (non-hydrogen) atoms. The fourth-order valence-corrected chi connectivity index (χ4v) is 2.83. The molecule has 0 unspecified atom stereocenters. The average molecular weight is 339 g/mol. The Morgan fingerprint density at radius 2 is 1.84 bits per heavy atom. The summed E-state index contributed by atoms with van der Waals surface area (Å²) in [6.07, 6.45) is 3.62. The van der Waals surface area contributed by atoms with E-state index in [1.165, 1.54) is 0 Å². The van der Waals surface area contributed by atoms with Crippen molar-refractivity contribution in [2.75, 3.05) is 42.5 Å². The third-order valence-corrected chi connectivity index (χ3v) is 4.27. The van der Waals surface area contributed by atoms with Gasteiger partial charge in [-0.2, -0.15) is 0 Å². The van der Waals surface area contributed by atoms with Crippen molar-refractivity contribution in [1.82, 2.24) is 15.3 Å². The number of hydrogen-bond acceptors (Lipinski definition) is 5. The number of anilines is 2. The first-order valence-corrected chi connectivity index (χ1v) is 8.78. The summed E-state index contributed by atoms with van der Waals surface area (Å²) in [6.45, 7) is 8.48. The van der Waals surface area contributed by atoms with Crippen LogP contribution in [0.4, 0.5) is 11.5 Å². The third-order valence-electron chi connectivity index (χ3n) is 4.27. The van der Waals surface area contributed by atoms with Gasteiger partial charge in [0.2, 0.25) is 0 Å². The Balaban J connectivity index is 1.56. The molecule has 132 valence electrons. The van der Waals surface area contributed by atoms with Gasteiger partial charge in [-0.05, 0) is 30.2 Å². The molecular formula is C19H25N5O. The predicted octanol–water partition coefficient (Wildman–Crippen LogP) is 2.19. The van der Waals surface area contributed by atoms with Crippen LogP contribution in [-0.2, 0) is 0 Å². The summed E-state index contributed by atoms with van der Waals surface area (Å²) in [5.74, 6) is 1.34. The number of carbonyl (C=O) groups is 1. The van der Waals surface area contributed by atoms with Crippen molar-refractivity contribution in [1.29, 1.82) is 0 Å². The van der Waals surface area contributed by atoms with Crippen molar-refractivity contribution in [3.8, 4) is 0 Å². The van der Waals surface area contributed by atoms with Gasteiger partial charge in [-0.25, -0.2) is 9.97 Å². The third kappa shape index (κ3) is 4.47. The molecule has 2 aromatic rings. The highest BCUT2D eigenvalue weighted by molar-refractivity contribution is 5.92. The fraction of sp³-hybridized carbons (Fsp3) is 0.421. The van der Waals surface area contributed by atoms with Crippen LogP contribution >= 0.6 is 0 Å². The first-order chi connectivity index (χ1) is 12.1. The molecule has 0 spiro atoms. The molecule has 3 rings (SSSR count). The molecule has 0 aliphatic carbocycles. The number of hydrogen-bond donors (Lipinski definition) is 1. The van der Waals surface area contributed by atoms with Crippen LogP contribution in [-0.4, -0.2) is 48.6 Å². The van der Waals surface area contributed by atoms with E-state index in [2.05, 4.69) is 38.9 Å². The van der Waals surface area contributed by atoms with Gasteiger partial charge in [-0.3, -0.25) is 4.79 Å². The van der Waals surface area contributed by atoms with Gasteiger partial charge in [0.15, 0.2) is 0 Å². The molecule has 0 atom stereocenters. The highest BCUT2D eigenvalue weighted by Gasteiger charge is 2.18. The number of carbonyl (C=O) groups excluding carboxylic acids is 1. The molecule has 1 aliphatic rings. The number of aromatic nitrogens is 2. The van der Waals surface area contributed by atoms with E-state index in [1.54, 1.807) is 12.3 Å². The van der Waals surface area contributed by atoms with E-state index in [0.29, 0.717) is 18.2 Å². The molecule has 1 aliphatic heterocycles. The molecule has 6 nitrogen and oxygen atoms in total. The monoisotopic (exact) mass is 339 g/mol. The average Bonchev–Trinajstić information content (AvgIpc) is 2.67. The van der Waals surface area contributed by atoms with Crippen LogP contribution in [0.2, 0.25) is 0 Å². The number of nitrogens with one attached hydrogen (secondary N) is 1. The van der Waals surface area contributed by atoms with E-state index in [-0.39, 0.29) is 5.91 Å². The van der Waals surface area contributed by atoms with Gasteiger partial charge in [0.05, 0.1) is 11.9 Å². The first-order valence-electron chi connectivity index (χ1n) is 8.78. The van der Waals surface area contributed by atoms with Crippen LogP contribution < -0.4 is 15.1 Å². The number of piperazine rings is 1. The molecule has 1 saturated heterocycles. The molecule has 0 radical (unpaired) electrons. The van der Waals surface area contributed by atoms with Crippen LogP contribution in [0.1, 0.15) is 24.3 Å². The molecule has 0 aromatic carbocycles. The molecule has 6 heteroatoms. The minimum Gasteiger partial charge on any atom is -0.367 e. The zero-order valence-electron chi connectivity index (χ0n) is 14.9. The van der Waals surface area contributed by atoms with Crippen molar-refractivity contribution in [2.24, 2.45) is 5.92 Å². The van der Waals surface area contributed by atoms with Gasteiger partial charge in [0.1, 0.15) is 11.5 Å². The Morgan fingerprint density at radius 1 is 1.08 bits per heavy atom. The lowest BCUT2D eigenvalue weighted by molar-refractivity contribution is 0.0944. The minimum atomic E-state index is -0.111. The van der Waals surface area contributed by atoms with Crippen LogP contribution in [0.5, 0.6) is 0 Å². The Labute approximate surface area is 148 Å². The Hall–Kier alpha value is -2.63. The predicted molar refractivity (Wildman–Crippen MR) is 100 cm³/mol. The maximum absolute atomic E-state index is 12.0. The molecule has 1 fully saturated rings. The van der Waals surface area contributed by atoms with Gasteiger partial charge in [0.25, 0.3) is 5.91 Å². The second-order valence-electron chi connectivity index (χ2n) is 6.67. The molecule has 1 amide bonds. The van der Waals surface area contributed by atoms with Crippen molar-refractivity contribution in [3.05, 3.63) is 48.4 Å². The fourth-order valence-electron chi connectivity index (χ4n) is 2.83. The van der Waals surface area contributed by atoms with Crippen LogP contribution in [0.3, 0.4) is 0 Å². The highest BCUT2D eigenvalue weighted by atomic mass is 16.1. The van der Waals surface area contributed by atoms with Crippen molar-refractivity contribution in [3.63, 3.8) is 0 Å². The Morgan fingerprint density at radius 3 is 2.44 bits per heavy atom. The van der Waals surface area contributed by atoms with Crippen LogP contribution in [0.15, 0.2) is 42.7 Å². The van der Waals surface area contributed by atoms with Crippen LogP contribution in [0.25, 0.3) is 0 Å². The van der Waals surface area contributed by atoms with E-state index in [4.69, 9.17) is 0 Å². The molecule has 1 N–H and O–H groups in total. The van der Waals surface area contributed by atoms with Gasteiger partial charge < -0.3 is 15.1 Å². The zero-order chi connectivity index (χ0) is 17.6. The summed E-state index contributed by atoms with van der Waals surface area (Å²) >= 11 is 0.